The van der Waals surface area contributed by atoms with Gasteiger partial charge in [0.25, 0.3) is 0 Å². The molecule has 0 amide bonds. The third-order valence-electron chi connectivity index (χ3n) is 3.50. The van der Waals surface area contributed by atoms with E-state index in [0.29, 0.717) is 23.9 Å². The Kier molecular flexibility index (Phi) is 3.13. The molecule has 1 heterocycles. The lowest BCUT2D eigenvalue weighted by atomic mass is 9.78. The lowest BCUT2D eigenvalue weighted by molar-refractivity contribution is -0.130. The van der Waals surface area contributed by atoms with E-state index in [1.165, 1.54) is 0 Å². The normalized spacial score (nSPS) is 49.2. The predicted molar refractivity (Wildman–Crippen MR) is 50.6 cm³/mol. The van der Waals surface area contributed by atoms with E-state index in [-0.39, 0.29) is 6.23 Å². The van der Waals surface area contributed by atoms with Crippen LogP contribution in [-0.2, 0) is 4.74 Å². The molecule has 0 aromatic carbocycles. The Balaban J connectivity index is 2.63. The zero-order valence-electron chi connectivity index (χ0n) is 8.58. The van der Waals surface area contributed by atoms with Crippen LogP contribution in [0.4, 0.5) is 0 Å². The van der Waals surface area contributed by atoms with Crippen LogP contribution in [0.1, 0.15) is 34.1 Å². The molecule has 1 rings (SSSR count). The van der Waals surface area contributed by atoms with Crippen molar-refractivity contribution in [3.63, 3.8) is 0 Å². The second-order valence-electron chi connectivity index (χ2n) is 4.12. The zero-order valence-corrected chi connectivity index (χ0v) is 8.58. The highest BCUT2D eigenvalue weighted by molar-refractivity contribution is 4.82. The highest BCUT2D eigenvalue weighted by Crippen LogP contribution is 2.34. The van der Waals surface area contributed by atoms with E-state index in [4.69, 9.17) is 10.5 Å². The fourth-order valence-corrected chi connectivity index (χ4v) is 2.03. The first-order valence-corrected chi connectivity index (χ1v) is 4.99. The van der Waals surface area contributed by atoms with Gasteiger partial charge in [-0.15, -0.1) is 0 Å². The van der Waals surface area contributed by atoms with Crippen molar-refractivity contribution in [2.45, 2.75) is 46.4 Å². The molecular weight excluding hydrogens is 150 g/mol. The summed E-state index contributed by atoms with van der Waals surface area (Å²) in [4.78, 5) is 0. The first kappa shape index (κ1) is 10.0. The van der Waals surface area contributed by atoms with Crippen molar-refractivity contribution >= 4 is 0 Å². The van der Waals surface area contributed by atoms with Gasteiger partial charge in [-0.05, 0) is 24.2 Å². The Morgan fingerprint density at radius 2 is 1.67 bits per heavy atom. The van der Waals surface area contributed by atoms with Gasteiger partial charge in [0.05, 0.1) is 6.10 Å². The first-order chi connectivity index (χ1) is 5.57. The van der Waals surface area contributed by atoms with Gasteiger partial charge in [0.2, 0.25) is 0 Å². The maximum absolute atomic E-state index is 5.87. The molecule has 0 aliphatic carbocycles. The maximum Gasteiger partial charge on any atom is 0.108 e. The van der Waals surface area contributed by atoms with E-state index in [1.54, 1.807) is 0 Å². The van der Waals surface area contributed by atoms with Gasteiger partial charge >= 0.3 is 0 Å². The van der Waals surface area contributed by atoms with Crippen LogP contribution in [0.3, 0.4) is 0 Å². The summed E-state index contributed by atoms with van der Waals surface area (Å²) < 4.78 is 5.71. The summed E-state index contributed by atoms with van der Waals surface area (Å²) in [5.41, 5.74) is 5.87. The summed E-state index contributed by atoms with van der Waals surface area (Å²) in [5.74, 6) is 1.81. The number of ether oxygens (including phenoxy) is 1. The molecule has 2 heteroatoms. The molecule has 1 aliphatic heterocycles. The third-order valence-corrected chi connectivity index (χ3v) is 3.50. The number of rotatable bonds is 1. The summed E-state index contributed by atoms with van der Waals surface area (Å²) in [6, 6.07) is 0. The summed E-state index contributed by atoms with van der Waals surface area (Å²) in [7, 11) is 0. The lowest BCUT2D eigenvalue weighted by Gasteiger charge is -2.42. The second-order valence-corrected chi connectivity index (χ2v) is 4.12. The Labute approximate surface area is 75.5 Å². The Morgan fingerprint density at radius 3 is 2.17 bits per heavy atom. The minimum Gasteiger partial charge on any atom is -0.360 e. The summed E-state index contributed by atoms with van der Waals surface area (Å²) in [5, 5.41) is 0. The minimum absolute atomic E-state index is 0.0545. The van der Waals surface area contributed by atoms with Gasteiger partial charge in [0.15, 0.2) is 0 Å². The van der Waals surface area contributed by atoms with E-state index in [2.05, 4.69) is 27.7 Å². The van der Waals surface area contributed by atoms with Gasteiger partial charge in [0, 0.05) is 0 Å². The molecule has 12 heavy (non-hydrogen) atoms. The average Bonchev–Trinajstić information content (AvgIpc) is 2.08. The largest absolute Gasteiger partial charge is 0.360 e. The van der Waals surface area contributed by atoms with Crippen LogP contribution in [0.25, 0.3) is 0 Å². The molecule has 5 atom stereocenters. The lowest BCUT2D eigenvalue weighted by Crippen LogP contribution is -2.48. The molecule has 2 N–H and O–H groups in total. The summed E-state index contributed by atoms with van der Waals surface area (Å²) in [6.07, 6.45) is 1.39. The quantitative estimate of drug-likeness (QED) is 0.655. The van der Waals surface area contributed by atoms with Crippen molar-refractivity contribution in [2.24, 2.45) is 23.5 Å². The Hall–Kier alpha value is -0.0800. The fourth-order valence-electron chi connectivity index (χ4n) is 2.03. The molecule has 72 valence electrons. The molecule has 0 aromatic heterocycles. The topological polar surface area (TPSA) is 35.2 Å². The van der Waals surface area contributed by atoms with Crippen molar-refractivity contribution in [1.29, 1.82) is 0 Å². The smallest absolute Gasteiger partial charge is 0.108 e. The highest BCUT2D eigenvalue weighted by Gasteiger charge is 2.36. The van der Waals surface area contributed by atoms with Gasteiger partial charge in [-0.25, -0.2) is 0 Å². The Bertz CT molecular complexity index is 144. The van der Waals surface area contributed by atoms with Crippen LogP contribution in [-0.4, -0.2) is 12.3 Å². The number of hydrogen-bond donors (Lipinski definition) is 1. The molecule has 0 spiro atoms. The average molecular weight is 171 g/mol. The van der Waals surface area contributed by atoms with Gasteiger partial charge < -0.3 is 10.5 Å². The molecule has 0 radical (unpaired) electrons. The van der Waals surface area contributed by atoms with Crippen molar-refractivity contribution in [3.8, 4) is 0 Å². The monoisotopic (exact) mass is 171 g/mol. The predicted octanol–water partition coefficient (Wildman–Crippen LogP) is 1.99. The molecule has 1 unspecified atom stereocenters. The number of hydrogen-bond acceptors (Lipinski definition) is 2. The van der Waals surface area contributed by atoms with E-state index in [0.717, 1.165) is 6.42 Å². The van der Waals surface area contributed by atoms with Crippen molar-refractivity contribution in [3.05, 3.63) is 0 Å². The summed E-state index contributed by atoms with van der Waals surface area (Å²) in [6.45, 7) is 8.88. The van der Waals surface area contributed by atoms with Crippen LogP contribution in [0, 0.1) is 17.8 Å². The van der Waals surface area contributed by atoms with Crippen LogP contribution < -0.4 is 5.73 Å². The second kappa shape index (κ2) is 3.75. The van der Waals surface area contributed by atoms with E-state index in [9.17, 15) is 0 Å². The highest BCUT2D eigenvalue weighted by atomic mass is 16.5. The van der Waals surface area contributed by atoms with Gasteiger partial charge in [-0.3, -0.25) is 0 Å². The third kappa shape index (κ3) is 1.64. The van der Waals surface area contributed by atoms with Crippen LogP contribution in [0.15, 0.2) is 0 Å². The molecule has 0 saturated carbocycles. The van der Waals surface area contributed by atoms with Crippen LogP contribution in [0.5, 0.6) is 0 Å². The SMILES string of the molecule is CC[C@H]1OC(N)[C@@H](C)[C@@H](C)[C@H]1C. The maximum atomic E-state index is 5.87. The standard InChI is InChI=1S/C10H21NO/c1-5-9-7(3)6(2)8(4)10(11)12-9/h6-10H,5,11H2,1-4H3/t6-,7+,8-,9+,10?/m0/s1. The molecule has 2 nitrogen and oxygen atoms in total. The van der Waals surface area contributed by atoms with Gasteiger partial charge in [-0.1, -0.05) is 27.7 Å². The fraction of sp³-hybridized carbons (Fsp3) is 1.00. The van der Waals surface area contributed by atoms with Crippen LogP contribution >= 0.6 is 0 Å². The van der Waals surface area contributed by atoms with Crippen molar-refractivity contribution in [1.82, 2.24) is 0 Å². The van der Waals surface area contributed by atoms with Crippen molar-refractivity contribution < 1.29 is 4.74 Å². The first-order valence-electron chi connectivity index (χ1n) is 4.99. The molecule has 0 bridgehead atoms. The number of nitrogens with two attached hydrogens (primary N) is 1. The summed E-state index contributed by atoms with van der Waals surface area (Å²) >= 11 is 0. The molecule has 1 aliphatic rings. The molecule has 0 aromatic rings. The van der Waals surface area contributed by atoms with E-state index in [1.807, 2.05) is 0 Å². The minimum atomic E-state index is -0.0545. The zero-order chi connectivity index (χ0) is 9.30. The Morgan fingerprint density at radius 1 is 1.08 bits per heavy atom. The van der Waals surface area contributed by atoms with Gasteiger partial charge in [-0.2, -0.15) is 0 Å². The molecule has 1 saturated heterocycles. The van der Waals surface area contributed by atoms with Crippen LogP contribution in [0.2, 0.25) is 0 Å². The van der Waals surface area contributed by atoms with E-state index >= 15 is 0 Å². The van der Waals surface area contributed by atoms with Gasteiger partial charge in [0.1, 0.15) is 6.23 Å². The van der Waals surface area contributed by atoms with Crippen molar-refractivity contribution in [2.75, 3.05) is 0 Å². The van der Waals surface area contributed by atoms with E-state index < -0.39 is 0 Å². The molecular formula is C10H21NO. The molecule has 1 fully saturated rings.